The van der Waals surface area contributed by atoms with Crippen LogP contribution in [0.4, 0.5) is 0 Å². The maximum Gasteiger partial charge on any atom is 0.0839 e. The van der Waals surface area contributed by atoms with Gasteiger partial charge in [-0.05, 0) is 93.3 Å². The van der Waals surface area contributed by atoms with Crippen molar-refractivity contribution < 1.29 is 9.84 Å². The molecule has 0 aromatic carbocycles. The predicted octanol–water partition coefficient (Wildman–Crippen LogP) is 4.29. The van der Waals surface area contributed by atoms with Crippen molar-refractivity contribution in [2.75, 3.05) is 6.61 Å². The first-order chi connectivity index (χ1) is 12.3. The lowest BCUT2D eigenvalue weighted by Crippen LogP contribution is -2.62. The van der Waals surface area contributed by atoms with Crippen molar-refractivity contribution in [3.05, 3.63) is 11.6 Å². The Morgan fingerprint density at radius 3 is 2.69 bits per heavy atom. The van der Waals surface area contributed by atoms with E-state index in [0.29, 0.717) is 23.9 Å². The third kappa shape index (κ3) is 2.57. The van der Waals surface area contributed by atoms with E-state index in [9.17, 15) is 5.11 Å². The molecule has 0 aromatic heterocycles. The summed E-state index contributed by atoms with van der Waals surface area (Å²) in [5.41, 5.74) is 9.17. The second-order valence-electron chi connectivity index (χ2n) is 10.2. The highest BCUT2D eigenvalue weighted by atomic mass is 16.5. The molecule has 0 radical (unpaired) electrons. The maximum absolute atomic E-state index is 10.6. The van der Waals surface area contributed by atoms with E-state index in [1.54, 1.807) is 5.57 Å². The summed E-state index contributed by atoms with van der Waals surface area (Å²) in [4.78, 5) is 0. The molecule has 4 fully saturated rings. The van der Waals surface area contributed by atoms with Gasteiger partial charge in [0.25, 0.3) is 0 Å². The Morgan fingerprint density at radius 1 is 1.23 bits per heavy atom. The van der Waals surface area contributed by atoms with E-state index in [1.807, 2.05) is 6.92 Å². The second kappa shape index (κ2) is 6.60. The van der Waals surface area contributed by atoms with E-state index in [-0.39, 0.29) is 23.7 Å². The molecule has 0 saturated heterocycles. The van der Waals surface area contributed by atoms with Crippen LogP contribution in [0.2, 0.25) is 0 Å². The first kappa shape index (κ1) is 19.0. The molecule has 3 N–H and O–H groups in total. The third-order valence-electron chi connectivity index (χ3n) is 9.24. The summed E-state index contributed by atoms with van der Waals surface area (Å²) in [6.45, 7) is 9.93. The van der Waals surface area contributed by atoms with Gasteiger partial charge in [-0.25, -0.2) is 0 Å². The zero-order chi connectivity index (χ0) is 18.7. The van der Waals surface area contributed by atoms with Gasteiger partial charge >= 0.3 is 0 Å². The van der Waals surface area contributed by atoms with Crippen LogP contribution in [0.25, 0.3) is 0 Å². The SMILES string of the molecule is C/C=C1\CC[C@H]2[C@@H]3CCC4CC(O)C(OCC)C[C@]4(C)[C@H]3C(N)C[C@]12C. The Hall–Kier alpha value is -0.380. The van der Waals surface area contributed by atoms with Crippen molar-refractivity contribution in [1.29, 1.82) is 0 Å². The Balaban J connectivity index is 1.66. The number of fused-ring (bicyclic) bond motifs is 5. The molecule has 4 aliphatic carbocycles. The van der Waals surface area contributed by atoms with Crippen LogP contribution in [0.3, 0.4) is 0 Å². The van der Waals surface area contributed by atoms with E-state index in [4.69, 9.17) is 10.5 Å². The van der Waals surface area contributed by atoms with Crippen molar-refractivity contribution in [2.45, 2.75) is 90.9 Å². The number of rotatable bonds is 2. The van der Waals surface area contributed by atoms with Crippen LogP contribution < -0.4 is 5.73 Å². The minimum Gasteiger partial charge on any atom is -0.390 e. The fourth-order valence-corrected chi connectivity index (χ4v) is 8.22. The van der Waals surface area contributed by atoms with Crippen molar-refractivity contribution in [1.82, 2.24) is 0 Å². The molecule has 148 valence electrons. The zero-order valence-electron chi connectivity index (χ0n) is 17.2. The molecule has 0 aromatic rings. The average Bonchev–Trinajstić information content (AvgIpc) is 2.91. The van der Waals surface area contributed by atoms with Crippen LogP contribution in [0.1, 0.15) is 72.6 Å². The van der Waals surface area contributed by atoms with Crippen molar-refractivity contribution in [2.24, 2.45) is 40.2 Å². The van der Waals surface area contributed by atoms with Gasteiger partial charge in [-0.2, -0.15) is 0 Å². The Kier molecular flexibility index (Phi) is 4.81. The summed E-state index contributed by atoms with van der Waals surface area (Å²) in [7, 11) is 0. The molecule has 0 heterocycles. The van der Waals surface area contributed by atoms with Crippen molar-refractivity contribution >= 4 is 0 Å². The largest absolute Gasteiger partial charge is 0.390 e. The smallest absolute Gasteiger partial charge is 0.0839 e. The minimum absolute atomic E-state index is 0.00446. The first-order valence-electron chi connectivity index (χ1n) is 11.1. The zero-order valence-corrected chi connectivity index (χ0v) is 17.2. The van der Waals surface area contributed by atoms with E-state index < -0.39 is 0 Å². The van der Waals surface area contributed by atoms with Gasteiger partial charge in [0.15, 0.2) is 0 Å². The molecule has 0 spiro atoms. The number of nitrogens with two attached hydrogens (primary N) is 1. The molecular weight excluding hydrogens is 322 g/mol. The lowest BCUT2D eigenvalue weighted by atomic mass is 9.43. The summed E-state index contributed by atoms with van der Waals surface area (Å²) in [6.07, 6.45) is 10.3. The Bertz CT molecular complexity index is 575. The molecule has 3 nitrogen and oxygen atoms in total. The minimum atomic E-state index is -0.296. The summed E-state index contributed by atoms with van der Waals surface area (Å²) in [5, 5.41) is 10.6. The van der Waals surface area contributed by atoms with Crippen LogP contribution in [0, 0.1) is 34.5 Å². The normalized spacial score (nSPS) is 55.3. The first-order valence-corrected chi connectivity index (χ1v) is 11.1. The van der Waals surface area contributed by atoms with Gasteiger partial charge < -0.3 is 15.6 Å². The number of allylic oxidation sites excluding steroid dienone is 2. The predicted molar refractivity (Wildman–Crippen MR) is 106 cm³/mol. The van der Waals surface area contributed by atoms with Crippen molar-refractivity contribution in [3.8, 4) is 0 Å². The fraction of sp³-hybridized carbons (Fsp3) is 0.913. The molecule has 0 amide bonds. The number of aliphatic hydroxyl groups excluding tert-OH is 1. The van der Waals surface area contributed by atoms with Gasteiger partial charge in [0, 0.05) is 12.6 Å². The summed E-state index contributed by atoms with van der Waals surface area (Å²) in [5.74, 6) is 2.74. The number of hydrogen-bond acceptors (Lipinski definition) is 3. The second-order valence-corrected chi connectivity index (χ2v) is 10.2. The van der Waals surface area contributed by atoms with Gasteiger partial charge in [0.1, 0.15) is 0 Å². The average molecular weight is 362 g/mol. The van der Waals surface area contributed by atoms with Gasteiger partial charge in [-0.3, -0.25) is 0 Å². The van der Waals surface area contributed by atoms with Crippen LogP contribution in [0.15, 0.2) is 11.6 Å². The molecule has 0 aliphatic heterocycles. The molecule has 9 atom stereocenters. The molecule has 0 bridgehead atoms. The fourth-order valence-electron chi connectivity index (χ4n) is 8.22. The van der Waals surface area contributed by atoms with Crippen LogP contribution in [-0.4, -0.2) is 30.0 Å². The summed E-state index contributed by atoms with van der Waals surface area (Å²) < 4.78 is 5.97. The van der Waals surface area contributed by atoms with Gasteiger partial charge in [0.2, 0.25) is 0 Å². The molecule has 3 heteroatoms. The Morgan fingerprint density at radius 2 is 2.00 bits per heavy atom. The molecule has 26 heavy (non-hydrogen) atoms. The molecule has 4 unspecified atom stereocenters. The van der Waals surface area contributed by atoms with Gasteiger partial charge in [-0.1, -0.05) is 25.5 Å². The van der Waals surface area contributed by atoms with E-state index in [1.165, 1.54) is 25.7 Å². The van der Waals surface area contributed by atoms with Crippen LogP contribution >= 0.6 is 0 Å². The van der Waals surface area contributed by atoms with Crippen molar-refractivity contribution in [3.63, 3.8) is 0 Å². The topological polar surface area (TPSA) is 55.5 Å². The third-order valence-corrected chi connectivity index (χ3v) is 9.24. The van der Waals surface area contributed by atoms with Crippen LogP contribution in [-0.2, 0) is 4.74 Å². The van der Waals surface area contributed by atoms with E-state index >= 15 is 0 Å². The molecular formula is C23H39NO2. The lowest BCUT2D eigenvalue weighted by molar-refractivity contribution is -0.171. The highest BCUT2D eigenvalue weighted by Crippen LogP contribution is 2.67. The highest BCUT2D eigenvalue weighted by Gasteiger charge is 2.62. The lowest BCUT2D eigenvalue weighted by Gasteiger charge is -2.63. The Labute approximate surface area is 159 Å². The van der Waals surface area contributed by atoms with Gasteiger partial charge in [0.05, 0.1) is 12.2 Å². The molecule has 4 aliphatic rings. The summed E-state index contributed by atoms with van der Waals surface area (Å²) >= 11 is 0. The monoisotopic (exact) mass is 361 g/mol. The standard InChI is InChI=1S/C23H39NO2/c1-5-14-8-10-17-16-9-7-15-11-19(25)20(26-6-2)13-23(15,4)21(16)18(24)12-22(14,17)3/h5,15-21,25H,6-13,24H2,1-4H3/b14-5+/t15?,16-,17-,18?,19?,20?,21+,22+,23-/m0/s1. The number of hydrogen-bond donors (Lipinski definition) is 2. The molecule has 4 saturated carbocycles. The summed E-state index contributed by atoms with van der Waals surface area (Å²) in [6, 6.07) is 0.277. The van der Waals surface area contributed by atoms with Gasteiger partial charge in [-0.15, -0.1) is 0 Å². The van der Waals surface area contributed by atoms with E-state index in [2.05, 4.69) is 26.8 Å². The van der Waals surface area contributed by atoms with E-state index in [0.717, 1.165) is 31.1 Å². The number of aliphatic hydroxyl groups is 1. The highest BCUT2D eigenvalue weighted by molar-refractivity contribution is 5.25. The quantitative estimate of drug-likeness (QED) is 0.722. The maximum atomic E-state index is 10.6. The number of ether oxygens (including phenoxy) is 1. The molecule has 4 rings (SSSR count). The van der Waals surface area contributed by atoms with Crippen LogP contribution in [0.5, 0.6) is 0 Å².